The Morgan fingerprint density at radius 2 is 2.00 bits per heavy atom. The van der Waals surface area contributed by atoms with Crippen LogP contribution in [0.3, 0.4) is 0 Å². The van der Waals surface area contributed by atoms with Crippen LogP contribution >= 0.6 is 24.0 Å². The molecule has 2 aromatic rings. The molecule has 0 aliphatic rings. The number of hydrogen-bond acceptors (Lipinski definition) is 3. The molecule has 7 heteroatoms. The molecule has 0 radical (unpaired) electrons. The number of nitrogens with zero attached hydrogens (tertiary/aromatic N) is 2. The second-order valence-corrected chi connectivity index (χ2v) is 4.47. The first kappa shape index (κ1) is 17.3. The molecule has 1 heterocycles. The minimum absolute atomic E-state index is 0. The van der Waals surface area contributed by atoms with Gasteiger partial charge in [0.25, 0.3) is 0 Å². The number of ether oxygens (including phenoxy) is 1. The van der Waals surface area contributed by atoms with Gasteiger partial charge in [-0.25, -0.2) is 4.99 Å². The van der Waals surface area contributed by atoms with Crippen molar-refractivity contribution < 1.29 is 4.74 Å². The third kappa shape index (κ3) is 4.62. The van der Waals surface area contributed by atoms with E-state index < -0.39 is 0 Å². The molecule has 21 heavy (non-hydrogen) atoms. The summed E-state index contributed by atoms with van der Waals surface area (Å²) in [6.07, 6.45) is 0. The zero-order chi connectivity index (χ0) is 14.5. The minimum atomic E-state index is 0. The predicted molar refractivity (Wildman–Crippen MR) is 95.4 cm³/mol. The summed E-state index contributed by atoms with van der Waals surface area (Å²) in [5.41, 5.74) is 9.78. The van der Waals surface area contributed by atoms with Gasteiger partial charge in [0.05, 0.1) is 19.3 Å². The SMILES string of the molecule is COc1ccc(NC(N)=NCc2c(C)n[nH]c2C)cc1.I. The summed E-state index contributed by atoms with van der Waals surface area (Å²) < 4.78 is 5.10. The fourth-order valence-corrected chi connectivity index (χ4v) is 1.83. The molecule has 6 nitrogen and oxygen atoms in total. The van der Waals surface area contributed by atoms with Crippen LogP contribution in [-0.4, -0.2) is 23.3 Å². The molecular weight excluding hydrogens is 381 g/mol. The first-order chi connectivity index (χ1) is 9.60. The molecule has 0 amide bonds. The fraction of sp³-hybridized carbons (Fsp3) is 0.286. The van der Waals surface area contributed by atoms with Gasteiger partial charge in [-0.05, 0) is 38.1 Å². The second-order valence-electron chi connectivity index (χ2n) is 4.47. The van der Waals surface area contributed by atoms with Crippen molar-refractivity contribution in [2.45, 2.75) is 20.4 Å². The van der Waals surface area contributed by atoms with E-state index in [0.717, 1.165) is 28.4 Å². The van der Waals surface area contributed by atoms with E-state index in [0.29, 0.717) is 12.5 Å². The predicted octanol–water partition coefficient (Wildman–Crippen LogP) is 2.58. The van der Waals surface area contributed by atoms with Crippen molar-refractivity contribution in [3.05, 3.63) is 41.2 Å². The van der Waals surface area contributed by atoms with Crippen molar-refractivity contribution in [1.29, 1.82) is 0 Å². The maximum Gasteiger partial charge on any atom is 0.193 e. The average Bonchev–Trinajstić information content (AvgIpc) is 2.77. The van der Waals surface area contributed by atoms with Crippen LogP contribution in [0.25, 0.3) is 0 Å². The van der Waals surface area contributed by atoms with Gasteiger partial charge < -0.3 is 15.8 Å². The highest BCUT2D eigenvalue weighted by molar-refractivity contribution is 14.0. The van der Waals surface area contributed by atoms with Crippen LogP contribution in [0.1, 0.15) is 17.0 Å². The Morgan fingerprint density at radius 3 is 2.52 bits per heavy atom. The second kappa shape index (κ2) is 7.87. The average molecular weight is 401 g/mol. The number of rotatable bonds is 4. The van der Waals surface area contributed by atoms with Crippen molar-refractivity contribution in [1.82, 2.24) is 10.2 Å². The highest BCUT2D eigenvalue weighted by atomic mass is 127. The number of hydrogen-bond donors (Lipinski definition) is 3. The van der Waals surface area contributed by atoms with E-state index in [-0.39, 0.29) is 24.0 Å². The Morgan fingerprint density at radius 1 is 1.33 bits per heavy atom. The van der Waals surface area contributed by atoms with Gasteiger partial charge >= 0.3 is 0 Å². The van der Waals surface area contributed by atoms with E-state index in [1.54, 1.807) is 7.11 Å². The van der Waals surface area contributed by atoms with Gasteiger partial charge in [0.1, 0.15) is 5.75 Å². The summed E-state index contributed by atoms with van der Waals surface area (Å²) in [5.74, 6) is 1.17. The van der Waals surface area contributed by atoms with Gasteiger partial charge in [-0.2, -0.15) is 5.10 Å². The highest BCUT2D eigenvalue weighted by Gasteiger charge is 2.05. The minimum Gasteiger partial charge on any atom is -0.497 e. The lowest BCUT2D eigenvalue weighted by Gasteiger charge is -2.06. The molecule has 0 bridgehead atoms. The van der Waals surface area contributed by atoms with E-state index >= 15 is 0 Å². The quantitative estimate of drug-likeness (QED) is 0.418. The van der Waals surface area contributed by atoms with Crippen molar-refractivity contribution >= 4 is 35.6 Å². The Labute approximate surface area is 141 Å². The Bertz CT molecular complexity index is 587. The van der Waals surface area contributed by atoms with Crippen LogP contribution in [0.2, 0.25) is 0 Å². The molecule has 1 aromatic heterocycles. The van der Waals surface area contributed by atoms with Crippen LogP contribution in [0.5, 0.6) is 5.75 Å². The van der Waals surface area contributed by atoms with Crippen molar-refractivity contribution in [3.63, 3.8) is 0 Å². The Balaban J connectivity index is 0.00000220. The molecule has 0 saturated carbocycles. The molecule has 0 unspecified atom stereocenters. The van der Waals surface area contributed by atoms with Crippen LogP contribution < -0.4 is 15.8 Å². The third-order valence-electron chi connectivity index (χ3n) is 3.05. The summed E-state index contributed by atoms with van der Waals surface area (Å²) in [6, 6.07) is 7.49. The maximum absolute atomic E-state index is 5.87. The molecular formula is C14H20IN5O. The lowest BCUT2D eigenvalue weighted by Crippen LogP contribution is -2.22. The van der Waals surface area contributed by atoms with Crippen LogP contribution in [0.4, 0.5) is 5.69 Å². The Hall–Kier alpha value is -1.77. The van der Waals surface area contributed by atoms with Gasteiger partial charge in [0, 0.05) is 16.9 Å². The smallest absolute Gasteiger partial charge is 0.193 e. The first-order valence-corrected chi connectivity index (χ1v) is 6.31. The number of aromatic nitrogens is 2. The van der Waals surface area contributed by atoms with Crippen molar-refractivity contribution in [2.75, 3.05) is 12.4 Å². The van der Waals surface area contributed by atoms with E-state index in [9.17, 15) is 0 Å². The number of aliphatic imine (C=N–C) groups is 1. The zero-order valence-corrected chi connectivity index (χ0v) is 14.6. The summed E-state index contributed by atoms with van der Waals surface area (Å²) in [5, 5.41) is 10.1. The number of nitrogens with two attached hydrogens (primary N) is 1. The number of nitrogens with one attached hydrogen (secondary N) is 2. The van der Waals surface area contributed by atoms with Gasteiger partial charge in [-0.1, -0.05) is 0 Å². The molecule has 114 valence electrons. The summed E-state index contributed by atoms with van der Waals surface area (Å²) in [7, 11) is 1.63. The number of methoxy groups -OCH3 is 1. The lowest BCUT2D eigenvalue weighted by molar-refractivity contribution is 0.415. The number of halogens is 1. The molecule has 0 spiro atoms. The topological polar surface area (TPSA) is 88.3 Å². The van der Waals surface area contributed by atoms with Crippen molar-refractivity contribution in [2.24, 2.45) is 10.7 Å². The number of aryl methyl sites for hydroxylation is 2. The number of benzene rings is 1. The fourth-order valence-electron chi connectivity index (χ4n) is 1.83. The van der Waals surface area contributed by atoms with E-state index in [2.05, 4.69) is 20.5 Å². The largest absolute Gasteiger partial charge is 0.497 e. The first-order valence-electron chi connectivity index (χ1n) is 6.31. The van der Waals surface area contributed by atoms with E-state index in [1.165, 1.54) is 0 Å². The molecule has 4 N–H and O–H groups in total. The van der Waals surface area contributed by atoms with Gasteiger partial charge in [0.2, 0.25) is 0 Å². The molecule has 0 fully saturated rings. The highest BCUT2D eigenvalue weighted by Crippen LogP contribution is 2.15. The summed E-state index contributed by atoms with van der Waals surface area (Å²) in [4.78, 5) is 4.32. The standard InChI is InChI=1S/C14H19N5O.HI/c1-9-13(10(2)19-18-9)8-16-14(15)17-11-4-6-12(20-3)7-5-11;/h4-7H,8H2,1-3H3,(H,18,19)(H3,15,16,17);1H. The number of guanidine groups is 1. The molecule has 0 aliphatic heterocycles. The van der Waals surface area contributed by atoms with Gasteiger partial charge in [0.15, 0.2) is 5.96 Å². The normalized spacial score (nSPS) is 10.9. The van der Waals surface area contributed by atoms with Crippen LogP contribution in [0.15, 0.2) is 29.3 Å². The van der Waals surface area contributed by atoms with Crippen LogP contribution in [0, 0.1) is 13.8 Å². The third-order valence-corrected chi connectivity index (χ3v) is 3.05. The number of H-pyrrole nitrogens is 1. The molecule has 1 aromatic carbocycles. The molecule has 0 aliphatic carbocycles. The molecule has 2 rings (SSSR count). The van der Waals surface area contributed by atoms with E-state index in [4.69, 9.17) is 10.5 Å². The monoisotopic (exact) mass is 401 g/mol. The number of aromatic amines is 1. The molecule has 0 atom stereocenters. The van der Waals surface area contributed by atoms with E-state index in [1.807, 2.05) is 38.1 Å². The van der Waals surface area contributed by atoms with Gasteiger partial charge in [-0.15, -0.1) is 24.0 Å². The van der Waals surface area contributed by atoms with Crippen LogP contribution in [-0.2, 0) is 6.54 Å². The van der Waals surface area contributed by atoms with Crippen molar-refractivity contribution in [3.8, 4) is 5.75 Å². The number of anilines is 1. The van der Waals surface area contributed by atoms with Gasteiger partial charge in [-0.3, -0.25) is 5.10 Å². The summed E-state index contributed by atoms with van der Waals surface area (Å²) in [6.45, 7) is 4.42. The molecule has 0 saturated heterocycles. The Kier molecular flexibility index (Phi) is 6.47. The zero-order valence-electron chi connectivity index (χ0n) is 12.3. The summed E-state index contributed by atoms with van der Waals surface area (Å²) >= 11 is 0. The maximum atomic E-state index is 5.87. The lowest BCUT2D eigenvalue weighted by atomic mass is 10.2.